The number of amides is 1. The third-order valence-corrected chi connectivity index (χ3v) is 6.21. The minimum Gasteiger partial charge on any atom is -0.467 e. The molecule has 1 amide bonds. The minimum absolute atomic E-state index is 0.0257. The largest absolute Gasteiger partial charge is 0.467 e. The van der Waals surface area contributed by atoms with Crippen LogP contribution >= 0.6 is 0 Å². The lowest BCUT2D eigenvalue weighted by Gasteiger charge is -2.35. The van der Waals surface area contributed by atoms with Crippen LogP contribution in [0.15, 0.2) is 12.1 Å². The van der Waals surface area contributed by atoms with Crippen molar-refractivity contribution in [3.8, 4) is 0 Å². The molecule has 1 fully saturated rings. The lowest BCUT2D eigenvalue weighted by Crippen LogP contribution is -2.55. The van der Waals surface area contributed by atoms with Gasteiger partial charge in [-0.15, -0.1) is 0 Å². The van der Waals surface area contributed by atoms with E-state index in [1.807, 2.05) is 7.05 Å². The molecule has 1 aromatic heterocycles. The highest BCUT2D eigenvalue weighted by Crippen LogP contribution is 2.20. The fraction of sp³-hybridized carbons (Fsp3) is 0.696. The number of hydrogen-bond acceptors (Lipinski definition) is 7. The van der Waals surface area contributed by atoms with E-state index < -0.39 is 6.04 Å². The van der Waals surface area contributed by atoms with Gasteiger partial charge in [-0.3, -0.25) is 4.79 Å². The van der Waals surface area contributed by atoms with Gasteiger partial charge in [-0.2, -0.15) is 0 Å². The molecule has 1 atom stereocenters. The van der Waals surface area contributed by atoms with Crippen LogP contribution in [0, 0.1) is 5.92 Å². The smallest absolute Gasteiger partial charge is 0.328 e. The van der Waals surface area contributed by atoms with E-state index in [1.54, 1.807) is 0 Å². The number of anilines is 1. The molecular weight excluding hydrogens is 394 g/mol. The van der Waals surface area contributed by atoms with E-state index in [4.69, 9.17) is 9.72 Å². The third-order valence-electron chi connectivity index (χ3n) is 6.21. The first-order chi connectivity index (χ1) is 15.0. The lowest BCUT2D eigenvalue weighted by molar-refractivity contribution is -0.146. The van der Waals surface area contributed by atoms with E-state index in [-0.39, 0.29) is 17.8 Å². The summed E-state index contributed by atoms with van der Waals surface area (Å²) in [5.41, 5.74) is 2.47. The highest BCUT2D eigenvalue weighted by molar-refractivity contribution is 5.86. The Morgan fingerprint density at radius 3 is 2.87 bits per heavy atom. The molecule has 1 aromatic rings. The number of ether oxygens (including phenoxy) is 1. The number of fused-ring (bicyclic) bond motifs is 1. The summed E-state index contributed by atoms with van der Waals surface area (Å²) in [6.07, 6.45) is 5.95. The van der Waals surface area contributed by atoms with Gasteiger partial charge in [0.1, 0.15) is 11.9 Å². The molecule has 1 unspecified atom stereocenters. The molecule has 0 radical (unpaired) electrons. The highest BCUT2D eigenvalue weighted by atomic mass is 16.5. The lowest BCUT2D eigenvalue weighted by atomic mass is 9.99. The van der Waals surface area contributed by atoms with Crippen LogP contribution in [0.25, 0.3) is 0 Å². The van der Waals surface area contributed by atoms with Crippen molar-refractivity contribution in [1.29, 1.82) is 0 Å². The Labute approximate surface area is 185 Å². The number of unbranched alkanes of at least 4 members (excludes halogenated alkanes) is 1. The van der Waals surface area contributed by atoms with Crippen LogP contribution < -0.4 is 10.6 Å². The Morgan fingerprint density at radius 2 is 2.13 bits per heavy atom. The molecule has 0 aromatic carbocycles. The summed E-state index contributed by atoms with van der Waals surface area (Å²) in [6, 6.07) is 3.77. The molecule has 0 spiro atoms. The van der Waals surface area contributed by atoms with E-state index in [0.29, 0.717) is 6.42 Å². The number of rotatable bonds is 11. The second-order valence-corrected chi connectivity index (χ2v) is 8.89. The predicted octanol–water partition coefficient (Wildman–Crippen LogP) is 1.30. The van der Waals surface area contributed by atoms with Gasteiger partial charge in [0, 0.05) is 31.9 Å². The molecule has 2 aliphatic rings. The van der Waals surface area contributed by atoms with Crippen molar-refractivity contribution >= 4 is 17.7 Å². The number of nitrogens with one attached hydrogen (secondary N) is 2. The topological polar surface area (TPSA) is 86.8 Å². The first-order valence-corrected chi connectivity index (χ1v) is 11.4. The van der Waals surface area contributed by atoms with Crippen LogP contribution in [0.5, 0.6) is 0 Å². The van der Waals surface area contributed by atoms with Gasteiger partial charge in [0.2, 0.25) is 5.91 Å². The number of nitrogens with zero attached hydrogens (tertiary/aromatic N) is 3. The van der Waals surface area contributed by atoms with Crippen molar-refractivity contribution in [2.45, 2.75) is 44.6 Å². The molecule has 2 aliphatic heterocycles. The molecule has 3 rings (SSSR count). The monoisotopic (exact) mass is 431 g/mol. The molecule has 8 nitrogen and oxygen atoms in total. The molecule has 31 heavy (non-hydrogen) atoms. The van der Waals surface area contributed by atoms with Crippen molar-refractivity contribution in [2.75, 3.05) is 59.2 Å². The Kier molecular flexibility index (Phi) is 8.66. The third kappa shape index (κ3) is 6.90. The summed E-state index contributed by atoms with van der Waals surface area (Å²) >= 11 is 0. The first-order valence-electron chi connectivity index (χ1n) is 11.4. The van der Waals surface area contributed by atoms with E-state index in [0.717, 1.165) is 69.9 Å². The highest BCUT2D eigenvalue weighted by Gasteiger charge is 2.32. The Hall–Kier alpha value is -2.19. The van der Waals surface area contributed by atoms with Gasteiger partial charge < -0.3 is 25.2 Å². The minimum atomic E-state index is -0.585. The van der Waals surface area contributed by atoms with Gasteiger partial charge in [-0.25, -0.2) is 9.78 Å². The summed E-state index contributed by atoms with van der Waals surface area (Å²) in [6.45, 7) is 4.17. The average molecular weight is 432 g/mol. The molecule has 3 heterocycles. The first kappa shape index (κ1) is 23.5. The normalized spacial score (nSPS) is 17.4. The fourth-order valence-corrected chi connectivity index (χ4v) is 4.20. The maximum atomic E-state index is 12.3. The number of carbonyl (C=O) groups is 2. The zero-order chi connectivity index (χ0) is 22.2. The standard InChI is InChI=1S/C23H37N5O3/c1-27(13-5-4-8-19-10-9-17-7-6-12-24-21(17)25-19)14-11-20(23(30)31-3)26-22(29)18-15-28(2)16-18/h9-10,18,20H,4-8,11-16H2,1-3H3,(H,24,25)(H,26,29). The van der Waals surface area contributed by atoms with Crippen molar-refractivity contribution in [1.82, 2.24) is 20.1 Å². The van der Waals surface area contributed by atoms with E-state index in [9.17, 15) is 9.59 Å². The van der Waals surface area contributed by atoms with Gasteiger partial charge in [-0.05, 0) is 70.8 Å². The summed E-state index contributed by atoms with van der Waals surface area (Å²) in [5.74, 6) is 0.609. The van der Waals surface area contributed by atoms with Gasteiger partial charge in [-0.1, -0.05) is 6.07 Å². The van der Waals surface area contributed by atoms with Gasteiger partial charge in [0.05, 0.1) is 13.0 Å². The van der Waals surface area contributed by atoms with Crippen LogP contribution in [0.2, 0.25) is 0 Å². The zero-order valence-corrected chi connectivity index (χ0v) is 19.2. The van der Waals surface area contributed by atoms with Crippen molar-refractivity contribution in [3.63, 3.8) is 0 Å². The summed E-state index contributed by atoms with van der Waals surface area (Å²) < 4.78 is 4.89. The molecule has 0 aliphatic carbocycles. The number of pyridine rings is 1. The van der Waals surface area contributed by atoms with Crippen LogP contribution in [0.4, 0.5) is 5.82 Å². The molecule has 172 valence electrons. The van der Waals surface area contributed by atoms with E-state index >= 15 is 0 Å². The summed E-state index contributed by atoms with van der Waals surface area (Å²) in [4.78, 5) is 33.5. The Balaban J connectivity index is 1.35. The number of methoxy groups -OCH3 is 1. The van der Waals surface area contributed by atoms with Crippen molar-refractivity contribution < 1.29 is 14.3 Å². The SMILES string of the molecule is COC(=O)C(CCN(C)CCCCc1ccc2c(n1)NCCC2)NC(=O)C1CN(C)C1. The number of aromatic nitrogens is 1. The zero-order valence-electron chi connectivity index (χ0n) is 19.2. The average Bonchev–Trinajstić information content (AvgIpc) is 2.76. The Morgan fingerprint density at radius 1 is 1.32 bits per heavy atom. The van der Waals surface area contributed by atoms with Gasteiger partial charge >= 0.3 is 5.97 Å². The Bertz CT molecular complexity index is 751. The van der Waals surface area contributed by atoms with Crippen LogP contribution in [0.1, 0.15) is 36.9 Å². The van der Waals surface area contributed by atoms with Crippen molar-refractivity contribution in [3.05, 3.63) is 23.4 Å². The van der Waals surface area contributed by atoms with Crippen LogP contribution in [-0.4, -0.2) is 86.6 Å². The molecule has 0 saturated carbocycles. The number of esters is 1. The van der Waals surface area contributed by atoms with E-state index in [1.165, 1.54) is 19.1 Å². The molecule has 0 bridgehead atoms. The van der Waals surface area contributed by atoms with Gasteiger partial charge in [0.25, 0.3) is 0 Å². The fourth-order valence-electron chi connectivity index (χ4n) is 4.20. The summed E-state index contributed by atoms with van der Waals surface area (Å²) in [7, 11) is 5.40. The maximum absolute atomic E-state index is 12.3. The molecule has 1 saturated heterocycles. The van der Waals surface area contributed by atoms with Crippen LogP contribution in [-0.2, 0) is 27.2 Å². The number of aryl methyl sites for hydroxylation is 2. The maximum Gasteiger partial charge on any atom is 0.328 e. The number of hydrogen-bond donors (Lipinski definition) is 2. The summed E-state index contributed by atoms with van der Waals surface area (Å²) in [5, 5.41) is 6.27. The van der Waals surface area contributed by atoms with E-state index in [2.05, 4.69) is 39.6 Å². The number of likely N-dealkylation sites (tertiary alicyclic amines) is 1. The second-order valence-electron chi connectivity index (χ2n) is 8.89. The quantitative estimate of drug-likeness (QED) is 0.403. The molecule has 2 N–H and O–H groups in total. The van der Waals surface area contributed by atoms with Crippen molar-refractivity contribution in [2.24, 2.45) is 5.92 Å². The van der Waals surface area contributed by atoms with Crippen LogP contribution in [0.3, 0.4) is 0 Å². The second kappa shape index (κ2) is 11.4. The molecule has 8 heteroatoms. The predicted molar refractivity (Wildman–Crippen MR) is 121 cm³/mol. The number of carbonyl (C=O) groups excluding carboxylic acids is 2. The molecular formula is C23H37N5O3. The van der Waals surface area contributed by atoms with Gasteiger partial charge in [0.15, 0.2) is 0 Å².